The second kappa shape index (κ2) is 8.10. The van der Waals surface area contributed by atoms with E-state index in [1.807, 2.05) is 36.5 Å². The van der Waals surface area contributed by atoms with Crippen LogP contribution >= 0.6 is 23.4 Å². The third-order valence-electron chi connectivity index (χ3n) is 4.39. The van der Waals surface area contributed by atoms with Crippen LogP contribution in [-0.2, 0) is 6.42 Å². The van der Waals surface area contributed by atoms with Crippen LogP contribution < -0.4 is 4.90 Å². The van der Waals surface area contributed by atoms with Crippen LogP contribution in [0.3, 0.4) is 0 Å². The van der Waals surface area contributed by atoms with E-state index in [-0.39, 0.29) is 0 Å². The van der Waals surface area contributed by atoms with Crippen molar-refractivity contribution in [1.29, 1.82) is 0 Å². The summed E-state index contributed by atoms with van der Waals surface area (Å²) in [6, 6.07) is 13.9. The number of anilines is 1. The Kier molecular flexibility index (Phi) is 5.41. The molecule has 1 aliphatic rings. The van der Waals surface area contributed by atoms with E-state index in [1.165, 1.54) is 12.8 Å². The first-order valence-corrected chi connectivity index (χ1v) is 10.2. The van der Waals surface area contributed by atoms with Crippen LogP contribution in [0.25, 0.3) is 5.69 Å². The molecule has 0 saturated carbocycles. The molecule has 0 unspecified atom stereocenters. The van der Waals surface area contributed by atoms with Crippen molar-refractivity contribution in [1.82, 2.24) is 19.7 Å². The van der Waals surface area contributed by atoms with Gasteiger partial charge in [-0.3, -0.25) is 9.55 Å². The fourth-order valence-corrected chi connectivity index (χ4v) is 4.20. The number of nitrogens with zero attached hydrogens (tertiary/aromatic N) is 5. The highest BCUT2D eigenvalue weighted by molar-refractivity contribution is 7.99. The number of hydrogen-bond donors (Lipinski definition) is 0. The standard InChI is InChI=1S/C19H20ClN5S/c20-15-6-5-8-17(14-15)25-18(24-11-3-4-12-24)22-23-19(25)26-13-9-16-7-1-2-10-21-16/h1-2,5-8,10,14H,3-4,9,11-13H2. The molecule has 0 spiro atoms. The Balaban J connectivity index is 1.59. The van der Waals surface area contributed by atoms with Gasteiger partial charge < -0.3 is 4.90 Å². The average molecular weight is 386 g/mol. The number of halogens is 1. The van der Waals surface area contributed by atoms with E-state index in [2.05, 4.69) is 36.8 Å². The van der Waals surface area contributed by atoms with Crippen molar-refractivity contribution in [3.05, 3.63) is 59.4 Å². The molecule has 2 aromatic heterocycles. The minimum atomic E-state index is 0.716. The first kappa shape index (κ1) is 17.4. The van der Waals surface area contributed by atoms with Gasteiger partial charge in [0.2, 0.25) is 5.95 Å². The molecule has 1 aromatic carbocycles. The number of pyridine rings is 1. The van der Waals surface area contributed by atoms with E-state index in [9.17, 15) is 0 Å². The van der Waals surface area contributed by atoms with E-state index in [0.29, 0.717) is 5.02 Å². The highest BCUT2D eigenvalue weighted by atomic mass is 35.5. The molecule has 0 atom stereocenters. The van der Waals surface area contributed by atoms with Gasteiger partial charge in [-0.15, -0.1) is 10.2 Å². The van der Waals surface area contributed by atoms with E-state index < -0.39 is 0 Å². The van der Waals surface area contributed by atoms with Crippen LogP contribution in [0.1, 0.15) is 18.5 Å². The monoisotopic (exact) mass is 385 g/mol. The van der Waals surface area contributed by atoms with Crippen molar-refractivity contribution in [2.45, 2.75) is 24.4 Å². The topological polar surface area (TPSA) is 46.8 Å². The summed E-state index contributed by atoms with van der Waals surface area (Å²) in [5.74, 6) is 1.81. The molecule has 0 bridgehead atoms. The van der Waals surface area contributed by atoms with Crippen LogP contribution in [0.15, 0.2) is 53.8 Å². The lowest BCUT2D eigenvalue weighted by Crippen LogP contribution is -2.22. The Bertz CT molecular complexity index is 861. The fraction of sp³-hybridized carbons (Fsp3) is 0.316. The lowest BCUT2D eigenvalue weighted by Gasteiger charge is -2.18. The van der Waals surface area contributed by atoms with Gasteiger partial charge in [0.15, 0.2) is 5.16 Å². The van der Waals surface area contributed by atoms with Gasteiger partial charge in [-0.1, -0.05) is 35.5 Å². The van der Waals surface area contributed by atoms with Crippen LogP contribution in [-0.4, -0.2) is 38.6 Å². The minimum Gasteiger partial charge on any atom is -0.341 e. The van der Waals surface area contributed by atoms with Crippen LogP contribution in [0.2, 0.25) is 5.02 Å². The molecule has 134 valence electrons. The number of hydrogen-bond acceptors (Lipinski definition) is 5. The maximum atomic E-state index is 6.23. The Morgan fingerprint density at radius 3 is 2.69 bits per heavy atom. The van der Waals surface area contributed by atoms with Gasteiger partial charge in [0, 0.05) is 35.8 Å². The molecule has 0 N–H and O–H groups in total. The lowest BCUT2D eigenvalue weighted by molar-refractivity contribution is 0.841. The number of thioether (sulfide) groups is 1. The van der Waals surface area contributed by atoms with Crippen LogP contribution in [0.5, 0.6) is 0 Å². The van der Waals surface area contributed by atoms with E-state index in [1.54, 1.807) is 11.8 Å². The Morgan fingerprint density at radius 2 is 1.92 bits per heavy atom. The summed E-state index contributed by atoms with van der Waals surface area (Å²) < 4.78 is 2.13. The normalized spacial score (nSPS) is 14.1. The number of benzene rings is 1. The molecular weight excluding hydrogens is 366 g/mol. The predicted octanol–water partition coefficient (Wildman–Crippen LogP) is 4.25. The predicted molar refractivity (Wildman–Crippen MR) is 106 cm³/mol. The van der Waals surface area contributed by atoms with Gasteiger partial charge in [0.05, 0.1) is 5.69 Å². The molecule has 3 heterocycles. The van der Waals surface area contributed by atoms with Gasteiger partial charge in [-0.2, -0.15) is 0 Å². The summed E-state index contributed by atoms with van der Waals surface area (Å²) >= 11 is 7.93. The van der Waals surface area contributed by atoms with Crippen molar-refractivity contribution in [2.75, 3.05) is 23.7 Å². The van der Waals surface area contributed by atoms with Crippen LogP contribution in [0, 0.1) is 0 Å². The maximum absolute atomic E-state index is 6.23. The summed E-state index contributed by atoms with van der Waals surface area (Å²) in [6.45, 7) is 2.05. The van der Waals surface area contributed by atoms with Gasteiger partial charge in [0.1, 0.15) is 0 Å². The maximum Gasteiger partial charge on any atom is 0.232 e. The summed E-state index contributed by atoms with van der Waals surface area (Å²) in [5.41, 5.74) is 2.10. The molecular formula is C19H20ClN5S. The molecule has 1 saturated heterocycles. The van der Waals surface area contributed by atoms with Crippen molar-refractivity contribution < 1.29 is 0 Å². The Labute approximate surface area is 162 Å². The largest absolute Gasteiger partial charge is 0.341 e. The molecule has 0 amide bonds. The van der Waals surface area contributed by atoms with Crippen molar-refractivity contribution in [3.8, 4) is 5.69 Å². The van der Waals surface area contributed by atoms with Crippen LogP contribution in [0.4, 0.5) is 5.95 Å². The summed E-state index contributed by atoms with van der Waals surface area (Å²) in [5, 5.41) is 10.6. The van der Waals surface area contributed by atoms with Crippen molar-refractivity contribution in [2.24, 2.45) is 0 Å². The third-order valence-corrected chi connectivity index (χ3v) is 5.55. The lowest BCUT2D eigenvalue weighted by atomic mass is 10.3. The summed E-state index contributed by atoms with van der Waals surface area (Å²) in [6.07, 6.45) is 5.13. The van der Waals surface area contributed by atoms with Gasteiger partial charge in [-0.05, 0) is 49.6 Å². The quantitative estimate of drug-likeness (QED) is 0.593. The molecule has 26 heavy (non-hydrogen) atoms. The first-order valence-electron chi connectivity index (χ1n) is 8.80. The van der Waals surface area contributed by atoms with E-state index in [4.69, 9.17) is 11.6 Å². The Morgan fingerprint density at radius 1 is 1.04 bits per heavy atom. The molecule has 5 nitrogen and oxygen atoms in total. The van der Waals surface area contributed by atoms with Crippen molar-refractivity contribution >= 4 is 29.3 Å². The number of aromatic nitrogens is 4. The third kappa shape index (κ3) is 3.86. The highest BCUT2D eigenvalue weighted by Gasteiger charge is 2.22. The zero-order valence-electron chi connectivity index (χ0n) is 14.4. The second-order valence-electron chi connectivity index (χ2n) is 6.21. The zero-order valence-corrected chi connectivity index (χ0v) is 16.0. The molecule has 4 rings (SSSR count). The SMILES string of the molecule is Clc1cccc(-n2c(SCCc3ccccn3)nnc2N2CCCC2)c1. The van der Waals surface area contributed by atoms with Gasteiger partial charge in [0.25, 0.3) is 0 Å². The molecule has 7 heteroatoms. The zero-order chi connectivity index (χ0) is 17.8. The Hall–Kier alpha value is -2.05. The molecule has 1 fully saturated rings. The summed E-state index contributed by atoms with van der Waals surface area (Å²) in [4.78, 5) is 6.69. The molecule has 3 aromatic rings. The summed E-state index contributed by atoms with van der Waals surface area (Å²) in [7, 11) is 0. The molecule has 1 aliphatic heterocycles. The molecule has 0 radical (unpaired) electrons. The number of rotatable bonds is 6. The highest BCUT2D eigenvalue weighted by Crippen LogP contribution is 2.29. The van der Waals surface area contributed by atoms with E-state index >= 15 is 0 Å². The smallest absolute Gasteiger partial charge is 0.232 e. The van der Waals surface area contributed by atoms with Gasteiger partial charge >= 0.3 is 0 Å². The van der Waals surface area contributed by atoms with Gasteiger partial charge in [-0.25, -0.2) is 0 Å². The van der Waals surface area contributed by atoms with Crippen molar-refractivity contribution in [3.63, 3.8) is 0 Å². The van der Waals surface area contributed by atoms with E-state index in [0.717, 1.165) is 47.7 Å². The average Bonchev–Trinajstić information content (AvgIpc) is 3.32. The second-order valence-corrected chi connectivity index (χ2v) is 7.71. The minimum absolute atomic E-state index is 0.716. The molecule has 0 aliphatic carbocycles. The first-order chi connectivity index (χ1) is 12.8. The fourth-order valence-electron chi connectivity index (χ4n) is 3.11. The number of aryl methyl sites for hydroxylation is 1.